The molecule has 5 nitrogen and oxygen atoms in total. The first kappa shape index (κ1) is 19.2. The molecule has 0 aromatic heterocycles. The standard InChI is InChI=1S/C21H22N2O3/c1-14(2)11-19(20(24)23-10-9-22)17-7-3-5-15(12-17)16-6-4-8-18(13-16)21(25)26/h3-8,12-14,19H,10-11H2,1-2H3,(H,23,24)(H,25,26). The summed E-state index contributed by atoms with van der Waals surface area (Å²) in [5.74, 6) is -1.19. The van der Waals surface area contributed by atoms with Crippen LogP contribution >= 0.6 is 0 Å². The van der Waals surface area contributed by atoms with E-state index in [0.29, 0.717) is 12.3 Å². The van der Waals surface area contributed by atoms with Crippen LogP contribution in [-0.4, -0.2) is 23.5 Å². The van der Waals surface area contributed by atoms with E-state index >= 15 is 0 Å². The number of hydrogen-bond donors (Lipinski definition) is 2. The molecule has 1 unspecified atom stereocenters. The maximum absolute atomic E-state index is 12.5. The van der Waals surface area contributed by atoms with Crippen molar-refractivity contribution in [2.75, 3.05) is 6.54 Å². The van der Waals surface area contributed by atoms with Gasteiger partial charge in [-0.2, -0.15) is 5.26 Å². The van der Waals surface area contributed by atoms with Gasteiger partial charge in [-0.15, -0.1) is 0 Å². The van der Waals surface area contributed by atoms with Crippen LogP contribution in [0.3, 0.4) is 0 Å². The van der Waals surface area contributed by atoms with Gasteiger partial charge >= 0.3 is 5.97 Å². The SMILES string of the molecule is CC(C)CC(C(=O)NCC#N)c1cccc(-c2cccc(C(=O)O)c2)c1. The number of hydrogen-bond acceptors (Lipinski definition) is 3. The third-order valence-corrected chi connectivity index (χ3v) is 4.10. The van der Waals surface area contributed by atoms with Crippen molar-refractivity contribution in [3.63, 3.8) is 0 Å². The van der Waals surface area contributed by atoms with E-state index in [1.165, 1.54) is 0 Å². The van der Waals surface area contributed by atoms with Crippen LogP contribution in [0.25, 0.3) is 11.1 Å². The van der Waals surface area contributed by atoms with Gasteiger partial charge in [0.15, 0.2) is 0 Å². The van der Waals surface area contributed by atoms with E-state index in [9.17, 15) is 14.7 Å². The first-order valence-electron chi connectivity index (χ1n) is 8.50. The molecule has 26 heavy (non-hydrogen) atoms. The van der Waals surface area contributed by atoms with Crippen molar-refractivity contribution < 1.29 is 14.7 Å². The van der Waals surface area contributed by atoms with Crippen LogP contribution in [0.1, 0.15) is 42.1 Å². The van der Waals surface area contributed by atoms with Crippen LogP contribution in [0, 0.1) is 17.2 Å². The summed E-state index contributed by atoms with van der Waals surface area (Å²) in [5, 5.41) is 20.5. The van der Waals surface area contributed by atoms with Crippen LogP contribution in [0.4, 0.5) is 0 Å². The molecule has 0 saturated heterocycles. The second-order valence-corrected chi connectivity index (χ2v) is 6.57. The number of rotatable bonds is 7. The molecule has 2 aromatic carbocycles. The Morgan fingerprint density at radius 3 is 2.38 bits per heavy atom. The second-order valence-electron chi connectivity index (χ2n) is 6.57. The number of carbonyl (C=O) groups is 2. The van der Waals surface area contributed by atoms with E-state index in [4.69, 9.17) is 5.26 Å². The van der Waals surface area contributed by atoms with Gasteiger partial charge in [-0.25, -0.2) is 4.79 Å². The Bertz CT molecular complexity index is 837. The summed E-state index contributed by atoms with van der Waals surface area (Å²) < 4.78 is 0. The molecule has 0 heterocycles. The Labute approximate surface area is 153 Å². The summed E-state index contributed by atoms with van der Waals surface area (Å²) in [6.45, 7) is 4.07. The largest absolute Gasteiger partial charge is 0.478 e. The fraction of sp³-hybridized carbons (Fsp3) is 0.286. The lowest BCUT2D eigenvalue weighted by Crippen LogP contribution is -2.30. The minimum atomic E-state index is -0.975. The maximum Gasteiger partial charge on any atom is 0.335 e. The van der Waals surface area contributed by atoms with Crippen molar-refractivity contribution in [3.8, 4) is 17.2 Å². The predicted molar refractivity (Wildman–Crippen MR) is 99.7 cm³/mol. The summed E-state index contributed by atoms with van der Waals surface area (Å²) in [6.07, 6.45) is 0.663. The lowest BCUT2D eigenvalue weighted by atomic mass is 9.88. The lowest BCUT2D eigenvalue weighted by Gasteiger charge is -2.19. The highest BCUT2D eigenvalue weighted by Gasteiger charge is 2.22. The first-order valence-corrected chi connectivity index (χ1v) is 8.50. The van der Waals surface area contributed by atoms with E-state index in [1.807, 2.05) is 50.2 Å². The number of carbonyl (C=O) groups excluding carboxylic acids is 1. The van der Waals surface area contributed by atoms with Gasteiger partial charge in [-0.3, -0.25) is 4.79 Å². The molecule has 0 fully saturated rings. The van der Waals surface area contributed by atoms with Gasteiger partial charge in [-0.1, -0.05) is 50.2 Å². The highest BCUT2D eigenvalue weighted by atomic mass is 16.4. The molecular weight excluding hydrogens is 328 g/mol. The zero-order chi connectivity index (χ0) is 19.1. The van der Waals surface area contributed by atoms with Gasteiger partial charge in [0, 0.05) is 0 Å². The van der Waals surface area contributed by atoms with Crippen molar-refractivity contribution in [2.24, 2.45) is 5.92 Å². The Morgan fingerprint density at radius 2 is 1.77 bits per heavy atom. The maximum atomic E-state index is 12.5. The van der Waals surface area contributed by atoms with Crippen molar-refractivity contribution in [2.45, 2.75) is 26.2 Å². The summed E-state index contributed by atoms with van der Waals surface area (Å²) in [7, 11) is 0. The van der Waals surface area contributed by atoms with E-state index in [1.54, 1.807) is 18.2 Å². The molecular formula is C21H22N2O3. The molecule has 0 aliphatic heterocycles. The van der Waals surface area contributed by atoms with Crippen molar-refractivity contribution in [3.05, 3.63) is 59.7 Å². The molecule has 1 atom stereocenters. The quantitative estimate of drug-likeness (QED) is 0.743. The van der Waals surface area contributed by atoms with E-state index < -0.39 is 5.97 Å². The molecule has 1 amide bonds. The van der Waals surface area contributed by atoms with Crippen LogP contribution in [0.15, 0.2) is 48.5 Å². The molecule has 0 bridgehead atoms. The molecule has 0 radical (unpaired) electrons. The first-order chi connectivity index (χ1) is 12.4. The minimum Gasteiger partial charge on any atom is -0.478 e. The lowest BCUT2D eigenvalue weighted by molar-refractivity contribution is -0.122. The van der Waals surface area contributed by atoms with E-state index in [-0.39, 0.29) is 23.9 Å². The number of amides is 1. The number of benzene rings is 2. The van der Waals surface area contributed by atoms with Gasteiger partial charge in [-0.05, 0) is 41.2 Å². The number of carboxylic acids is 1. The zero-order valence-corrected chi connectivity index (χ0v) is 14.9. The summed E-state index contributed by atoms with van der Waals surface area (Å²) in [5.41, 5.74) is 2.71. The van der Waals surface area contributed by atoms with Gasteiger partial charge in [0.05, 0.1) is 17.6 Å². The van der Waals surface area contributed by atoms with E-state index in [0.717, 1.165) is 16.7 Å². The van der Waals surface area contributed by atoms with Crippen molar-refractivity contribution in [1.82, 2.24) is 5.32 Å². The number of nitriles is 1. The molecule has 2 aromatic rings. The smallest absolute Gasteiger partial charge is 0.335 e. The van der Waals surface area contributed by atoms with Crippen molar-refractivity contribution in [1.29, 1.82) is 5.26 Å². The normalized spacial score (nSPS) is 11.6. The molecule has 0 aliphatic rings. The third kappa shape index (κ3) is 4.93. The summed E-state index contributed by atoms with van der Waals surface area (Å²) >= 11 is 0. The fourth-order valence-electron chi connectivity index (χ4n) is 2.88. The zero-order valence-electron chi connectivity index (χ0n) is 14.9. The van der Waals surface area contributed by atoms with Crippen LogP contribution in [-0.2, 0) is 4.79 Å². The predicted octanol–water partition coefficient (Wildman–Crippen LogP) is 3.82. The highest BCUT2D eigenvalue weighted by Crippen LogP contribution is 2.29. The minimum absolute atomic E-state index is 0.0201. The summed E-state index contributed by atoms with van der Waals surface area (Å²) in [6, 6.07) is 16.2. The number of carboxylic acid groups (broad SMARTS) is 1. The van der Waals surface area contributed by atoms with Gasteiger partial charge < -0.3 is 10.4 Å². The molecule has 2 N–H and O–H groups in total. The molecule has 2 rings (SSSR count). The average molecular weight is 350 g/mol. The Balaban J connectivity index is 2.38. The van der Waals surface area contributed by atoms with Gasteiger partial charge in [0.2, 0.25) is 5.91 Å². The molecule has 0 spiro atoms. The number of nitrogens with zero attached hydrogens (tertiary/aromatic N) is 1. The summed E-state index contributed by atoms with van der Waals surface area (Å²) in [4.78, 5) is 23.7. The van der Waals surface area contributed by atoms with Crippen LogP contribution in [0.2, 0.25) is 0 Å². The number of nitrogens with one attached hydrogen (secondary N) is 1. The molecule has 0 aliphatic carbocycles. The molecule has 5 heteroatoms. The van der Waals surface area contributed by atoms with Crippen LogP contribution in [0.5, 0.6) is 0 Å². The third-order valence-electron chi connectivity index (χ3n) is 4.10. The van der Waals surface area contributed by atoms with E-state index in [2.05, 4.69) is 5.32 Å². The molecule has 0 saturated carbocycles. The number of aromatic carboxylic acids is 1. The average Bonchev–Trinajstić information content (AvgIpc) is 2.64. The Morgan fingerprint density at radius 1 is 1.12 bits per heavy atom. The molecule has 134 valence electrons. The van der Waals surface area contributed by atoms with Gasteiger partial charge in [0.1, 0.15) is 6.54 Å². The fourth-order valence-corrected chi connectivity index (χ4v) is 2.88. The Hall–Kier alpha value is -3.13. The highest BCUT2D eigenvalue weighted by molar-refractivity contribution is 5.89. The van der Waals surface area contributed by atoms with Crippen LogP contribution < -0.4 is 5.32 Å². The topological polar surface area (TPSA) is 90.2 Å². The monoisotopic (exact) mass is 350 g/mol. The van der Waals surface area contributed by atoms with Gasteiger partial charge in [0.25, 0.3) is 0 Å². The van der Waals surface area contributed by atoms with Crippen molar-refractivity contribution >= 4 is 11.9 Å². The second kappa shape index (κ2) is 8.82. The Kier molecular flexibility index (Phi) is 6.51.